The van der Waals surface area contributed by atoms with E-state index in [0.717, 1.165) is 30.6 Å². The number of aryl methyl sites for hydroxylation is 1. The molecule has 1 unspecified atom stereocenters. The molecule has 1 aliphatic heterocycles. The standard InChI is InChI=1S/C18H25ClO4/c1-3-5-17(23-12-15-11-22-15)16-8-7-14(19)10-13(16)6-9-18(20)21-4-2/h7-8,10,15,17H,3-6,9,11-12H2,1-2H3/t15?,17-/m1/s1. The summed E-state index contributed by atoms with van der Waals surface area (Å²) in [6.07, 6.45) is 3.17. The second-order valence-corrected chi connectivity index (χ2v) is 6.15. The van der Waals surface area contributed by atoms with E-state index in [-0.39, 0.29) is 18.2 Å². The zero-order chi connectivity index (χ0) is 16.7. The lowest BCUT2D eigenvalue weighted by atomic mass is 9.96. The summed E-state index contributed by atoms with van der Waals surface area (Å²) in [7, 11) is 0. The van der Waals surface area contributed by atoms with Crippen LogP contribution in [0.2, 0.25) is 5.02 Å². The molecule has 0 spiro atoms. The van der Waals surface area contributed by atoms with Crippen LogP contribution in [0, 0.1) is 0 Å². The van der Waals surface area contributed by atoms with Crippen molar-refractivity contribution < 1.29 is 19.0 Å². The highest BCUT2D eigenvalue weighted by Crippen LogP contribution is 2.30. The summed E-state index contributed by atoms with van der Waals surface area (Å²) < 4.78 is 16.3. The molecular formula is C18H25ClO4. The predicted octanol–water partition coefficient (Wildman–Crippen LogP) is 4.09. The van der Waals surface area contributed by atoms with Gasteiger partial charge >= 0.3 is 5.97 Å². The number of rotatable bonds is 10. The van der Waals surface area contributed by atoms with Crippen molar-refractivity contribution in [2.75, 3.05) is 19.8 Å². The van der Waals surface area contributed by atoms with Gasteiger partial charge in [0.25, 0.3) is 0 Å². The van der Waals surface area contributed by atoms with Gasteiger partial charge in [-0.3, -0.25) is 4.79 Å². The smallest absolute Gasteiger partial charge is 0.306 e. The normalized spacial score (nSPS) is 17.8. The monoisotopic (exact) mass is 340 g/mol. The molecule has 0 aliphatic carbocycles. The summed E-state index contributed by atoms with van der Waals surface area (Å²) in [5.74, 6) is -0.183. The summed E-state index contributed by atoms with van der Waals surface area (Å²) in [6, 6.07) is 5.82. The molecular weight excluding hydrogens is 316 g/mol. The molecule has 1 fully saturated rings. The first kappa shape index (κ1) is 18.2. The van der Waals surface area contributed by atoms with Gasteiger partial charge in [-0.05, 0) is 43.0 Å². The van der Waals surface area contributed by atoms with Crippen LogP contribution in [0.3, 0.4) is 0 Å². The van der Waals surface area contributed by atoms with E-state index in [1.807, 2.05) is 25.1 Å². The maximum Gasteiger partial charge on any atom is 0.306 e. The number of esters is 1. The Kier molecular flexibility index (Phi) is 7.34. The predicted molar refractivity (Wildman–Crippen MR) is 89.7 cm³/mol. The van der Waals surface area contributed by atoms with Crippen LogP contribution in [0.1, 0.15) is 50.3 Å². The van der Waals surface area contributed by atoms with Crippen LogP contribution in [0.5, 0.6) is 0 Å². The summed E-state index contributed by atoms with van der Waals surface area (Å²) in [5.41, 5.74) is 2.17. The van der Waals surface area contributed by atoms with Crippen molar-refractivity contribution >= 4 is 17.6 Å². The minimum Gasteiger partial charge on any atom is -0.466 e. The molecule has 0 amide bonds. The van der Waals surface area contributed by atoms with Crippen molar-refractivity contribution in [3.63, 3.8) is 0 Å². The molecule has 1 heterocycles. The van der Waals surface area contributed by atoms with Crippen molar-refractivity contribution in [2.45, 2.75) is 51.7 Å². The van der Waals surface area contributed by atoms with Gasteiger partial charge in [0.05, 0.1) is 25.9 Å². The zero-order valence-corrected chi connectivity index (χ0v) is 14.6. The lowest BCUT2D eigenvalue weighted by Crippen LogP contribution is -2.12. The first-order valence-corrected chi connectivity index (χ1v) is 8.69. The summed E-state index contributed by atoms with van der Waals surface area (Å²) in [4.78, 5) is 11.6. The average molecular weight is 341 g/mol. The molecule has 1 aromatic carbocycles. The summed E-state index contributed by atoms with van der Waals surface area (Å²) >= 11 is 6.14. The molecule has 2 atom stereocenters. The first-order chi connectivity index (χ1) is 11.1. The second-order valence-electron chi connectivity index (χ2n) is 5.71. The van der Waals surface area contributed by atoms with Crippen LogP contribution in [0.15, 0.2) is 18.2 Å². The number of benzene rings is 1. The lowest BCUT2D eigenvalue weighted by Gasteiger charge is -2.21. The highest BCUT2D eigenvalue weighted by atomic mass is 35.5. The molecule has 4 nitrogen and oxygen atoms in total. The Balaban J connectivity index is 2.08. The Morgan fingerprint density at radius 2 is 2.22 bits per heavy atom. The molecule has 0 N–H and O–H groups in total. The van der Waals surface area contributed by atoms with E-state index in [2.05, 4.69) is 6.92 Å². The minimum absolute atomic E-state index is 0.0127. The Labute approximate surface area is 143 Å². The highest BCUT2D eigenvalue weighted by Gasteiger charge is 2.25. The molecule has 128 valence electrons. The molecule has 23 heavy (non-hydrogen) atoms. The second kappa shape index (κ2) is 9.26. The zero-order valence-electron chi connectivity index (χ0n) is 13.8. The maximum atomic E-state index is 11.6. The fourth-order valence-electron chi connectivity index (χ4n) is 2.55. The van der Waals surface area contributed by atoms with Crippen molar-refractivity contribution in [2.24, 2.45) is 0 Å². The van der Waals surface area contributed by atoms with E-state index >= 15 is 0 Å². The third kappa shape index (κ3) is 6.13. The molecule has 1 saturated heterocycles. The van der Waals surface area contributed by atoms with Crippen LogP contribution in [0.4, 0.5) is 0 Å². The molecule has 1 aliphatic rings. The van der Waals surface area contributed by atoms with Gasteiger partial charge in [-0.15, -0.1) is 0 Å². The molecule has 1 aromatic rings. The third-order valence-electron chi connectivity index (χ3n) is 3.79. The minimum atomic E-state index is -0.183. The summed E-state index contributed by atoms with van der Waals surface area (Å²) in [5, 5.41) is 0.674. The number of halogens is 1. The Morgan fingerprint density at radius 3 is 2.87 bits per heavy atom. The molecule has 2 rings (SSSR count). The van der Waals surface area contributed by atoms with Crippen molar-refractivity contribution in [1.29, 1.82) is 0 Å². The Bertz CT molecular complexity index is 514. The van der Waals surface area contributed by atoms with E-state index in [9.17, 15) is 4.79 Å². The Hall–Kier alpha value is -1.10. The number of carbonyl (C=O) groups excluding carboxylic acids is 1. The molecule has 0 aromatic heterocycles. The van der Waals surface area contributed by atoms with Crippen LogP contribution >= 0.6 is 11.6 Å². The fourth-order valence-corrected chi connectivity index (χ4v) is 2.75. The highest BCUT2D eigenvalue weighted by molar-refractivity contribution is 6.30. The lowest BCUT2D eigenvalue weighted by molar-refractivity contribution is -0.143. The van der Waals surface area contributed by atoms with Gasteiger partial charge in [0.15, 0.2) is 0 Å². The van der Waals surface area contributed by atoms with Gasteiger partial charge in [-0.25, -0.2) is 0 Å². The van der Waals surface area contributed by atoms with Gasteiger partial charge in [-0.2, -0.15) is 0 Å². The quantitative estimate of drug-likeness (QED) is 0.475. The molecule has 5 heteroatoms. The van der Waals surface area contributed by atoms with Crippen molar-refractivity contribution in [1.82, 2.24) is 0 Å². The largest absolute Gasteiger partial charge is 0.466 e. The van der Waals surface area contributed by atoms with E-state index < -0.39 is 0 Å². The first-order valence-electron chi connectivity index (χ1n) is 8.31. The number of epoxide rings is 1. The van der Waals surface area contributed by atoms with Gasteiger partial charge in [0, 0.05) is 11.4 Å². The van der Waals surface area contributed by atoms with E-state index in [4.69, 9.17) is 25.8 Å². The third-order valence-corrected chi connectivity index (χ3v) is 4.03. The maximum absolute atomic E-state index is 11.6. The molecule has 0 radical (unpaired) electrons. The van der Waals surface area contributed by atoms with E-state index in [0.29, 0.717) is 31.1 Å². The van der Waals surface area contributed by atoms with E-state index in [1.165, 1.54) is 0 Å². The topological polar surface area (TPSA) is 48.1 Å². The van der Waals surface area contributed by atoms with Gasteiger partial charge in [0.2, 0.25) is 0 Å². The number of hydrogen-bond donors (Lipinski definition) is 0. The van der Waals surface area contributed by atoms with Gasteiger partial charge in [0.1, 0.15) is 6.10 Å². The number of hydrogen-bond acceptors (Lipinski definition) is 4. The number of ether oxygens (including phenoxy) is 3. The fraction of sp³-hybridized carbons (Fsp3) is 0.611. The van der Waals surface area contributed by atoms with Gasteiger partial charge < -0.3 is 14.2 Å². The van der Waals surface area contributed by atoms with E-state index in [1.54, 1.807) is 0 Å². The van der Waals surface area contributed by atoms with Crippen LogP contribution in [-0.4, -0.2) is 31.9 Å². The van der Waals surface area contributed by atoms with Crippen LogP contribution < -0.4 is 0 Å². The molecule has 0 bridgehead atoms. The SMILES string of the molecule is CCC[C@@H](OCC1CO1)c1ccc(Cl)cc1CCC(=O)OCC. The van der Waals surface area contributed by atoms with Crippen molar-refractivity contribution in [3.8, 4) is 0 Å². The van der Waals surface area contributed by atoms with Gasteiger partial charge in [-0.1, -0.05) is 31.0 Å². The Morgan fingerprint density at radius 1 is 1.43 bits per heavy atom. The number of carbonyl (C=O) groups is 1. The van der Waals surface area contributed by atoms with Crippen LogP contribution in [0.25, 0.3) is 0 Å². The van der Waals surface area contributed by atoms with Crippen LogP contribution in [-0.2, 0) is 25.4 Å². The summed E-state index contributed by atoms with van der Waals surface area (Å²) in [6.45, 7) is 5.76. The average Bonchev–Trinajstić information content (AvgIpc) is 3.34. The molecule has 0 saturated carbocycles. The van der Waals surface area contributed by atoms with Crippen molar-refractivity contribution in [3.05, 3.63) is 34.3 Å².